The molecule has 1 aromatic carbocycles. The minimum atomic E-state index is -4.29. The molecule has 0 saturated heterocycles. The summed E-state index contributed by atoms with van der Waals surface area (Å²) in [7, 11) is 0. The summed E-state index contributed by atoms with van der Waals surface area (Å²) in [5.74, 6) is 0. The van der Waals surface area contributed by atoms with Crippen LogP contribution in [0.15, 0.2) is 24.5 Å². The molecule has 0 aliphatic carbocycles. The van der Waals surface area contributed by atoms with Gasteiger partial charge in [0.2, 0.25) is 0 Å². The maximum Gasteiger partial charge on any atom is 0.416 e. The van der Waals surface area contributed by atoms with Crippen LogP contribution in [0.1, 0.15) is 12.5 Å². The molecule has 0 saturated carbocycles. The molecular formula is C10H9F3N2. The van der Waals surface area contributed by atoms with Crippen molar-refractivity contribution in [2.45, 2.75) is 19.6 Å². The summed E-state index contributed by atoms with van der Waals surface area (Å²) in [6.07, 6.45) is -2.75. The molecule has 0 aliphatic rings. The summed E-state index contributed by atoms with van der Waals surface area (Å²) in [5, 5.41) is 0. The molecule has 2 aromatic rings. The van der Waals surface area contributed by atoms with Crippen molar-refractivity contribution < 1.29 is 13.2 Å². The van der Waals surface area contributed by atoms with Crippen molar-refractivity contribution in [2.75, 3.05) is 0 Å². The highest BCUT2D eigenvalue weighted by Crippen LogP contribution is 2.31. The van der Waals surface area contributed by atoms with E-state index in [1.54, 1.807) is 10.9 Å². The van der Waals surface area contributed by atoms with E-state index in [0.717, 1.165) is 12.1 Å². The van der Waals surface area contributed by atoms with Crippen molar-refractivity contribution in [3.63, 3.8) is 0 Å². The van der Waals surface area contributed by atoms with E-state index in [-0.39, 0.29) is 0 Å². The van der Waals surface area contributed by atoms with Crippen LogP contribution in [-0.2, 0) is 12.7 Å². The lowest BCUT2D eigenvalue weighted by atomic mass is 10.2. The highest BCUT2D eigenvalue weighted by molar-refractivity contribution is 5.76. The second-order valence-electron chi connectivity index (χ2n) is 3.23. The Labute approximate surface area is 84.3 Å². The quantitative estimate of drug-likeness (QED) is 0.713. The normalized spacial score (nSPS) is 12.3. The zero-order valence-electron chi connectivity index (χ0n) is 8.04. The summed E-state index contributed by atoms with van der Waals surface area (Å²) in [5.41, 5.74) is 0.474. The van der Waals surface area contributed by atoms with Gasteiger partial charge in [-0.3, -0.25) is 0 Å². The van der Waals surface area contributed by atoms with Gasteiger partial charge in [-0.25, -0.2) is 4.98 Å². The van der Waals surface area contributed by atoms with Crippen LogP contribution in [0.3, 0.4) is 0 Å². The fourth-order valence-electron chi connectivity index (χ4n) is 1.49. The van der Waals surface area contributed by atoms with Crippen molar-refractivity contribution in [1.82, 2.24) is 9.55 Å². The Morgan fingerprint density at radius 1 is 1.33 bits per heavy atom. The second kappa shape index (κ2) is 3.25. The van der Waals surface area contributed by atoms with Crippen molar-refractivity contribution >= 4 is 11.0 Å². The Balaban J connectivity index is 2.63. The first kappa shape index (κ1) is 10.0. The van der Waals surface area contributed by atoms with Gasteiger partial charge in [0.15, 0.2) is 0 Å². The third-order valence-corrected chi connectivity index (χ3v) is 2.29. The van der Waals surface area contributed by atoms with Gasteiger partial charge < -0.3 is 4.57 Å². The molecule has 80 valence electrons. The van der Waals surface area contributed by atoms with Crippen LogP contribution in [0.4, 0.5) is 13.2 Å². The van der Waals surface area contributed by atoms with Gasteiger partial charge in [0.1, 0.15) is 0 Å². The summed E-state index contributed by atoms with van der Waals surface area (Å²) in [6.45, 7) is 2.47. The second-order valence-corrected chi connectivity index (χ2v) is 3.23. The predicted octanol–water partition coefficient (Wildman–Crippen LogP) is 3.08. The number of fused-ring (bicyclic) bond motifs is 1. The molecule has 1 heterocycles. The Bertz CT molecular complexity index is 485. The molecule has 2 rings (SSSR count). The van der Waals surface area contributed by atoms with Crippen LogP contribution in [0, 0.1) is 0 Å². The zero-order valence-corrected chi connectivity index (χ0v) is 8.04. The number of alkyl halides is 3. The lowest BCUT2D eigenvalue weighted by molar-refractivity contribution is -0.137. The van der Waals surface area contributed by atoms with Gasteiger partial charge >= 0.3 is 6.18 Å². The van der Waals surface area contributed by atoms with E-state index in [0.29, 0.717) is 17.6 Å². The van der Waals surface area contributed by atoms with Gasteiger partial charge in [-0.15, -0.1) is 0 Å². The smallest absolute Gasteiger partial charge is 0.331 e. The van der Waals surface area contributed by atoms with Crippen LogP contribution >= 0.6 is 0 Å². The third-order valence-electron chi connectivity index (χ3n) is 2.29. The number of imidazole rings is 1. The number of halogens is 3. The van der Waals surface area contributed by atoms with E-state index in [1.807, 2.05) is 6.92 Å². The number of nitrogens with zero attached hydrogens (tertiary/aromatic N) is 2. The molecule has 0 radical (unpaired) electrons. The first-order valence-electron chi connectivity index (χ1n) is 4.54. The SMILES string of the molecule is CCn1cnc2ccc(C(F)(F)F)cc21. The average Bonchev–Trinajstić information content (AvgIpc) is 2.57. The molecule has 15 heavy (non-hydrogen) atoms. The van der Waals surface area contributed by atoms with Crippen LogP contribution in [0.25, 0.3) is 11.0 Å². The molecular weight excluding hydrogens is 205 g/mol. The topological polar surface area (TPSA) is 17.8 Å². The highest BCUT2D eigenvalue weighted by atomic mass is 19.4. The van der Waals surface area contributed by atoms with Crippen molar-refractivity contribution in [1.29, 1.82) is 0 Å². The van der Waals surface area contributed by atoms with Gasteiger partial charge in [-0.05, 0) is 25.1 Å². The van der Waals surface area contributed by atoms with Gasteiger partial charge in [-0.1, -0.05) is 0 Å². The minimum Gasteiger partial charge on any atom is -0.331 e. The summed E-state index contributed by atoms with van der Waals surface area (Å²) < 4.78 is 39.0. The number of aromatic nitrogens is 2. The van der Waals surface area contributed by atoms with Gasteiger partial charge in [0.25, 0.3) is 0 Å². The third kappa shape index (κ3) is 1.69. The molecule has 0 bridgehead atoms. The van der Waals surface area contributed by atoms with E-state index < -0.39 is 11.7 Å². The molecule has 0 atom stereocenters. The first-order chi connectivity index (χ1) is 7.02. The van der Waals surface area contributed by atoms with Gasteiger partial charge in [0.05, 0.1) is 22.9 Å². The van der Waals surface area contributed by atoms with Crippen molar-refractivity contribution in [3.8, 4) is 0 Å². The summed E-state index contributed by atoms with van der Waals surface area (Å²) >= 11 is 0. The standard InChI is InChI=1S/C10H9F3N2/c1-2-15-6-14-8-4-3-7(5-9(8)15)10(11,12)13/h3-6H,2H2,1H3. The summed E-state index contributed by atoms with van der Waals surface area (Å²) in [6, 6.07) is 3.57. The molecule has 0 amide bonds. The Hall–Kier alpha value is -1.52. The fraction of sp³-hybridized carbons (Fsp3) is 0.300. The van der Waals surface area contributed by atoms with Crippen molar-refractivity contribution in [3.05, 3.63) is 30.1 Å². The average molecular weight is 214 g/mol. The highest BCUT2D eigenvalue weighted by Gasteiger charge is 2.30. The Morgan fingerprint density at radius 3 is 2.67 bits per heavy atom. The largest absolute Gasteiger partial charge is 0.416 e. The minimum absolute atomic E-state index is 0.521. The maximum absolute atomic E-state index is 12.4. The van der Waals surface area contributed by atoms with E-state index in [9.17, 15) is 13.2 Å². The van der Waals surface area contributed by atoms with Gasteiger partial charge in [-0.2, -0.15) is 13.2 Å². The molecule has 0 fully saturated rings. The molecule has 1 aromatic heterocycles. The van der Waals surface area contributed by atoms with Gasteiger partial charge in [0, 0.05) is 6.54 Å². The molecule has 0 spiro atoms. The number of benzene rings is 1. The van der Waals surface area contributed by atoms with E-state index in [4.69, 9.17) is 0 Å². The van der Waals surface area contributed by atoms with E-state index in [2.05, 4.69) is 4.98 Å². The zero-order chi connectivity index (χ0) is 11.1. The van der Waals surface area contributed by atoms with E-state index in [1.165, 1.54) is 6.07 Å². The van der Waals surface area contributed by atoms with Crippen LogP contribution in [0.2, 0.25) is 0 Å². The molecule has 2 nitrogen and oxygen atoms in total. The number of aryl methyl sites for hydroxylation is 1. The number of rotatable bonds is 1. The van der Waals surface area contributed by atoms with E-state index >= 15 is 0 Å². The summed E-state index contributed by atoms with van der Waals surface area (Å²) in [4.78, 5) is 4.01. The van der Waals surface area contributed by atoms with Crippen LogP contribution in [-0.4, -0.2) is 9.55 Å². The maximum atomic E-state index is 12.4. The fourth-order valence-corrected chi connectivity index (χ4v) is 1.49. The lowest BCUT2D eigenvalue weighted by Crippen LogP contribution is -2.04. The number of hydrogen-bond donors (Lipinski definition) is 0. The predicted molar refractivity (Wildman–Crippen MR) is 50.4 cm³/mol. The monoisotopic (exact) mass is 214 g/mol. The lowest BCUT2D eigenvalue weighted by Gasteiger charge is -2.06. The molecule has 5 heteroatoms. The Kier molecular flexibility index (Phi) is 2.17. The Morgan fingerprint density at radius 2 is 2.07 bits per heavy atom. The molecule has 0 aliphatic heterocycles. The van der Waals surface area contributed by atoms with Crippen molar-refractivity contribution in [2.24, 2.45) is 0 Å². The molecule has 0 unspecified atom stereocenters. The number of hydrogen-bond acceptors (Lipinski definition) is 1. The molecule has 0 N–H and O–H groups in total. The first-order valence-corrected chi connectivity index (χ1v) is 4.54. The van der Waals surface area contributed by atoms with Crippen LogP contribution < -0.4 is 0 Å². The van der Waals surface area contributed by atoms with Crippen LogP contribution in [0.5, 0.6) is 0 Å².